The Morgan fingerprint density at radius 2 is 1.63 bits per heavy atom. The highest BCUT2D eigenvalue weighted by molar-refractivity contribution is 5.81. The highest BCUT2D eigenvalue weighted by Crippen LogP contribution is 2.29. The average Bonchev–Trinajstić information content (AvgIpc) is 2.40. The predicted molar refractivity (Wildman–Crippen MR) is 76.3 cm³/mol. The Morgan fingerprint density at radius 1 is 1.05 bits per heavy atom. The molecule has 0 aliphatic carbocycles. The molecule has 1 atom stereocenters. The van der Waals surface area contributed by atoms with Gasteiger partial charge in [0.1, 0.15) is 0 Å². The van der Waals surface area contributed by atoms with E-state index < -0.39 is 11.4 Å². The molecule has 1 N–H and O–H groups in total. The Bertz CT molecular complexity index is 558. The summed E-state index contributed by atoms with van der Waals surface area (Å²) in [4.78, 5) is 11.7. The van der Waals surface area contributed by atoms with E-state index >= 15 is 0 Å². The van der Waals surface area contributed by atoms with Gasteiger partial charge in [-0.15, -0.1) is 0 Å². The fraction of sp³-hybridized carbons (Fsp3) is 0.235. The van der Waals surface area contributed by atoms with E-state index in [4.69, 9.17) is 0 Å². The Morgan fingerprint density at radius 3 is 2.16 bits per heavy atom. The maximum atomic E-state index is 11.7. The van der Waals surface area contributed by atoms with Gasteiger partial charge in [0.25, 0.3) is 0 Å². The Hall–Kier alpha value is -2.09. The van der Waals surface area contributed by atoms with Gasteiger partial charge in [0.15, 0.2) is 0 Å². The SMILES string of the molecule is Cc1ccc(C(C)(Cc2ccccc2)C(=O)O)cc1. The molecule has 1 unspecified atom stereocenters. The van der Waals surface area contributed by atoms with Crippen LogP contribution >= 0.6 is 0 Å². The lowest BCUT2D eigenvalue weighted by molar-refractivity contribution is -0.143. The highest BCUT2D eigenvalue weighted by atomic mass is 16.4. The summed E-state index contributed by atoms with van der Waals surface area (Å²) >= 11 is 0. The zero-order valence-corrected chi connectivity index (χ0v) is 11.3. The molecule has 0 bridgehead atoms. The standard InChI is InChI=1S/C17H18O2/c1-13-8-10-15(11-9-13)17(2,16(18)19)12-14-6-4-3-5-7-14/h3-11H,12H2,1-2H3,(H,18,19). The summed E-state index contributed by atoms with van der Waals surface area (Å²) in [5, 5.41) is 9.62. The molecule has 2 nitrogen and oxygen atoms in total. The molecule has 2 aromatic rings. The molecule has 98 valence electrons. The summed E-state index contributed by atoms with van der Waals surface area (Å²) < 4.78 is 0. The van der Waals surface area contributed by atoms with Crippen molar-refractivity contribution < 1.29 is 9.90 Å². The number of aliphatic carboxylic acids is 1. The molecule has 0 aliphatic rings. The van der Waals surface area contributed by atoms with E-state index in [9.17, 15) is 9.90 Å². The molecular formula is C17H18O2. The van der Waals surface area contributed by atoms with Crippen LogP contribution in [0.25, 0.3) is 0 Å². The van der Waals surface area contributed by atoms with Gasteiger partial charge in [0, 0.05) is 0 Å². The minimum atomic E-state index is -0.894. The van der Waals surface area contributed by atoms with E-state index in [2.05, 4.69) is 0 Å². The van der Waals surface area contributed by atoms with Crippen LogP contribution in [0.4, 0.5) is 0 Å². The number of carbonyl (C=O) groups is 1. The van der Waals surface area contributed by atoms with Crippen LogP contribution in [-0.2, 0) is 16.6 Å². The lowest BCUT2D eigenvalue weighted by Crippen LogP contribution is -2.34. The second-order valence-electron chi connectivity index (χ2n) is 5.17. The van der Waals surface area contributed by atoms with Gasteiger partial charge in [-0.05, 0) is 31.4 Å². The van der Waals surface area contributed by atoms with Crippen LogP contribution in [0.2, 0.25) is 0 Å². The fourth-order valence-corrected chi connectivity index (χ4v) is 2.23. The lowest BCUT2D eigenvalue weighted by atomic mass is 9.77. The van der Waals surface area contributed by atoms with E-state index in [1.807, 2.05) is 61.5 Å². The average molecular weight is 254 g/mol. The Kier molecular flexibility index (Phi) is 3.70. The maximum absolute atomic E-state index is 11.7. The van der Waals surface area contributed by atoms with Crippen LogP contribution in [0.5, 0.6) is 0 Å². The van der Waals surface area contributed by atoms with Gasteiger partial charge in [0.2, 0.25) is 0 Å². The monoisotopic (exact) mass is 254 g/mol. The van der Waals surface area contributed by atoms with Crippen LogP contribution in [0.3, 0.4) is 0 Å². The van der Waals surface area contributed by atoms with Crippen LogP contribution in [0.1, 0.15) is 23.6 Å². The van der Waals surface area contributed by atoms with Gasteiger partial charge in [-0.3, -0.25) is 4.79 Å². The number of aryl methyl sites for hydroxylation is 1. The molecule has 0 aliphatic heterocycles. The largest absolute Gasteiger partial charge is 0.481 e. The molecule has 19 heavy (non-hydrogen) atoms. The van der Waals surface area contributed by atoms with Crippen molar-refractivity contribution in [3.63, 3.8) is 0 Å². The van der Waals surface area contributed by atoms with E-state index in [0.29, 0.717) is 6.42 Å². The number of benzene rings is 2. The molecule has 2 heteroatoms. The Labute approximate surface area is 113 Å². The summed E-state index contributed by atoms with van der Waals surface area (Å²) in [6.45, 7) is 3.78. The molecule has 0 aromatic heterocycles. The van der Waals surface area contributed by atoms with Gasteiger partial charge >= 0.3 is 5.97 Å². The first-order valence-corrected chi connectivity index (χ1v) is 6.37. The van der Waals surface area contributed by atoms with Gasteiger partial charge in [-0.25, -0.2) is 0 Å². The van der Waals surface area contributed by atoms with E-state index in [1.54, 1.807) is 6.92 Å². The smallest absolute Gasteiger partial charge is 0.314 e. The predicted octanol–water partition coefficient (Wildman–Crippen LogP) is 3.58. The van der Waals surface area contributed by atoms with Crippen molar-refractivity contribution in [1.29, 1.82) is 0 Å². The molecule has 0 radical (unpaired) electrons. The number of hydrogen-bond acceptors (Lipinski definition) is 1. The topological polar surface area (TPSA) is 37.3 Å². The molecular weight excluding hydrogens is 236 g/mol. The zero-order valence-electron chi connectivity index (χ0n) is 11.3. The molecule has 0 saturated carbocycles. The molecule has 0 saturated heterocycles. The number of carboxylic acids is 1. The third-order valence-corrected chi connectivity index (χ3v) is 3.56. The first-order chi connectivity index (χ1) is 9.02. The first kappa shape index (κ1) is 13.3. The number of carboxylic acid groups (broad SMARTS) is 1. The van der Waals surface area contributed by atoms with Crippen molar-refractivity contribution in [1.82, 2.24) is 0 Å². The molecule has 0 spiro atoms. The number of rotatable bonds is 4. The zero-order chi connectivity index (χ0) is 13.9. The van der Waals surface area contributed by atoms with Crippen LogP contribution < -0.4 is 0 Å². The summed E-state index contributed by atoms with van der Waals surface area (Å²) in [6.07, 6.45) is 0.492. The third-order valence-electron chi connectivity index (χ3n) is 3.56. The van der Waals surface area contributed by atoms with Crippen molar-refractivity contribution in [2.45, 2.75) is 25.7 Å². The van der Waals surface area contributed by atoms with Gasteiger partial charge < -0.3 is 5.11 Å². The van der Waals surface area contributed by atoms with Crippen molar-refractivity contribution >= 4 is 5.97 Å². The molecule has 2 aromatic carbocycles. The van der Waals surface area contributed by atoms with Crippen molar-refractivity contribution in [2.24, 2.45) is 0 Å². The third kappa shape index (κ3) is 2.84. The second kappa shape index (κ2) is 5.27. The normalized spacial score (nSPS) is 13.8. The van der Waals surface area contributed by atoms with Crippen molar-refractivity contribution in [3.05, 3.63) is 71.3 Å². The lowest BCUT2D eigenvalue weighted by Gasteiger charge is -2.25. The van der Waals surface area contributed by atoms with E-state index in [1.165, 1.54) is 0 Å². The quantitative estimate of drug-likeness (QED) is 0.905. The molecule has 2 rings (SSSR count). The first-order valence-electron chi connectivity index (χ1n) is 6.37. The van der Waals surface area contributed by atoms with Crippen LogP contribution in [-0.4, -0.2) is 11.1 Å². The van der Waals surface area contributed by atoms with Crippen molar-refractivity contribution in [3.8, 4) is 0 Å². The summed E-state index contributed by atoms with van der Waals surface area (Å²) in [5.41, 5.74) is 2.12. The van der Waals surface area contributed by atoms with Crippen molar-refractivity contribution in [2.75, 3.05) is 0 Å². The number of hydrogen-bond donors (Lipinski definition) is 1. The van der Waals surface area contributed by atoms with Crippen LogP contribution in [0, 0.1) is 6.92 Å². The molecule has 0 amide bonds. The van der Waals surface area contributed by atoms with E-state index in [0.717, 1.165) is 16.7 Å². The van der Waals surface area contributed by atoms with Gasteiger partial charge in [-0.2, -0.15) is 0 Å². The summed E-state index contributed by atoms with van der Waals surface area (Å²) in [7, 11) is 0. The molecule has 0 fully saturated rings. The summed E-state index contributed by atoms with van der Waals surface area (Å²) in [5.74, 6) is -0.791. The summed E-state index contributed by atoms with van der Waals surface area (Å²) in [6, 6.07) is 17.5. The minimum absolute atomic E-state index is 0.492. The maximum Gasteiger partial charge on any atom is 0.314 e. The van der Waals surface area contributed by atoms with Gasteiger partial charge in [-0.1, -0.05) is 60.2 Å². The molecule has 0 heterocycles. The van der Waals surface area contributed by atoms with Gasteiger partial charge in [0.05, 0.1) is 5.41 Å². The minimum Gasteiger partial charge on any atom is -0.481 e. The highest BCUT2D eigenvalue weighted by Gasteiger charge is 2.35. The van der Waals surface area contributed by atoms with Crippen LogP contribution in [0.15, 0.2) is 54.6 Å². The van der Waals surface area contributed by atoms with E-state index in [-0.39, 0.29) is 0 Å². The Balaban J connectivity index is 2.38. The fourth-order valence-electron chi connectivity index (χ4n) is 2.23. The second-order valence-corrected chi connectivity index (χ2v) is 5.17.